The lowest BCUT2D eigenvalue weighted by atomic mass is 10.1. The van der Waals surface area contributed by atoms with Gasteiger partial charge in [-0.05, 0) is 36.8 Å². The average Bonchev–Trinajstić information content (AvgIpc) is 2.62. The normalized spacial score (nSPS) is 11.3. The highest BCUT2D eigenvalue weighted by molar-refractivity contribution is 7.89. The first-order valence-electron chi connectivity index (χ1n) is 7.75. The minimum atomic E-state index is -3.67. The molecule has 0 radical (unpaired) electrons. The summed E-state index contributed by atoms with van der Waals surface area (Å²) in [7, 11) is 0.440. The quantitative estimate of drug-likeness (QED) is 0.595. The van der Waals surface area contributed by atoms with Gasteiger partial charge in [0.15, 0.2) is 5.75 Å². The van der Waals surface area contributed by atoms with Gasteiger partial charge in [-0.2, -0.15) is 0 Å². The third-order valence-electron chi connectivity index (χ3n) is 3.87. The number of methoxy groups -OCH3 is 1. The molecule has 0 saturated carbocycles. The molecule has 0 unspecified atom stereocenters. The van der Waals surface area contributed by atoms with Gasteiger partial charge in [0.05, 0.1) is 16.9 Å². The van der Waals surface area contributed by atoms with Crippen LogP contribution in [0.1, 0.15) is 15.9 Å². The Kier molecular flexibility index (Phi) is 5.82. The molecule has 0 aliphatic carbocycles. The maximum atomic E-state index is 12.5. The number of carbonyl (C=O) groups excluding carboxylic acids is 1. The first kappa shape index (κ1) is 20.3. The molecule has 2 aromatic rings. The number of carbonyl (C=O) groups is 1. The zero-order chi connectivity index (χ0) is 20.4. The Labute approximate surface area is 156 Å². The first-order chi connectivity index (χ1) is 12.6. The summed E-state index contributed by atoms with van der Waals surface area (Å²) in [5.74, 6) is -0.574. The van der Waals surface area contributed by atoms with E-state index in [1.54, 1.807) is 13.0 Å². The molecule has 144 valence electrons. The first-order valence-corrected chi connectivity index (χ1v) is 9.19. The summed E-state index contributed by atoms with van der Waals surface area (Å²) in [4.78, 5) is 23.0. The molecule has 0 aliphatic heterocycles. The summed E-state index contributed by atoms with van der Waals surface area (Å²) in [6, 6.07) is 8.18. The molecule has 0 saturated heterocycles. The summed E-state index contributed by atoms with van der Waals surface area (Å²) in [6.07, 6.45) is 0. The van der Waals surface area contributed by atoms with Crippen LogP contribution in [0.2, 0.25) is 0 Å². The lowest BCUT2D eigenvalue weighted by molar-refractivity contribution is -0.385. The standard InChI is InChI=1S/C17H19N3O6S/c1-11-5-7-13(27(24,25)19(2)3)10-14(11)18-17(21)12-6-8-16(26-4)15(9-12)20(22)23/h5-10H,1-4H3,(H,18,21). The van der Waals surface area contributed by atoms with Gasteiger partial charge in [-0.1, -0.05) is 6.07 Å². The molecular weight excluding hydrogens is 374 g/mol. The Morgan fingerprint density at radius 3 is 2.41 bits per heavy atom. The third kappa shape index (κ3) is 4.23. The van der Waals surface area contributed by atoms with Crippen LogP contribution in [0, 0.1) is 17.0 Å². The number of nitrogens with one attached hydrogen (secondary N) is 1. The predicted octanol–water partition coefficient (Wildman–Crippen LogP) is 2.41. The number of anilines is 1. The number of ether oxygens (including phenoxy) is 1. The van der Waals surface area contributed by atoms with Crippen molar-refractivity contribution in [1.29, 1.82) is 0 Å². The van der Waals surface area contributed by atoms with Gasteiger partial charge in [0.2, 0.25) is 10.0 Å². The van der Waals surface area contributed by atoms with Gasteiger partial charge in [0, 0.05) is 31.4 Å². The summed E-state index contributed by atoms with van der Waals surface area (Å²) in [5.41, 5.74) is 0.638. The van der Waals surface area contributed by atoms with E-state index in [1.807, 2.05) is 0 Å². The number of sulfonamides is 1. The van der Waals surface area contributed by atoms with Crippen LogP contribution in [-0.4, -0.2) is 44.8 Å². The van der Waals surface area contributed by atoms with Crippen molar-refractivity contribution >= 4 is 27.3 Å². The molecule has 2 rings (SSSR count). The number of aryl methyl sites for hydroxylation is 1. The van der Waals surface area contributed by atoms with Crippen LogP contribution in [0.25, 0.3) is 0 Å². The summed E-state index contributed by atoms with van der Waals surface area (Å²) in [6.45, 7) is 1.71. The minimum Gasteiger partial charge on any atom is -0.490 e. The third-order valence-corrected chi connectivity index (χ3v) is 5.68. The van der Waals surface area contributed by atoms with Crippen molar-refractivity contribution in [3.05, 3.63) is 57.6 Å². The molecule has 9 nitrogen and oxygen atoms in total. The summed E-state index contributed by atoms with van der Waals surface area (Å²) in [5, 5.41) is 13.7. The topological polar surface area (TPSA) is 119 Å². The molecule has 0 atom stereocenters. The van der Waals surface area contributed by atoms with E-state index in [0.29, 0.717) is 11.3 Å². The lowest BCUT2D eigenvalue weighted by Crippen LogP contribution is -2.22. The van der Waals surface area contributed by atoms with Crippen molar-refractivity contribution in [2.45, 2.75) is 11.8 Å². The van der Waals surface area contributed by atoms with Crippen molar-refractivity contribution in [3.63, 3.8) is 0 Å². The SMILES string of the molecule is COc1ccc(C(=O)Nc2cc(S(=O)(=O)N(C)C)ccc2C)cc1[N+](=O)[O-]. The Hall–Kier alpha value is -2.98. The van der Waals surface area contributed by atoms with Gasteiger partial charge in [0.25, 0.3) is 5.91 Å². The molecule has 0 fully saturated rings. The van der Waals surface area contributed by atoms with Gasteiger partial charge in [-0.25, -0.2) is 12.7 Å². The average molecular weight is 393 g/mol. The van der Waals surface area contributed by atoms with Crippen LogP contribution in [-0.2, 0) is 10.0 Å². The number of amides is 1. The number of nitro groups is 1. The fourth-order valence-electron chi connectivity index (χ4n) is 2.28. The molecule has 27 heavy (non-hydrogen) atoms. The highest BCUT2D eigenvalue weighted by atomic mass is 32.2. The van der Waals surface area contributed by atoms with Crippen LogP contribution >= 0.6 is 0 Å². The zero-order valence-corrected chi connectivity index (χ0v) is 16.0. The maximum Gasteiger partial charge on any atom is 0.311 e. The molecule has 10 heteroatoms. The number of rotatable bonds is 6. The monoisotopic (exact) mass is 393 g/mol. The minimum absolute atomic E-state index is 0.0223. The number of nitrogens with zero attached hydrogens (tertiary/aromatic N) is 2. The van der Waals surface area contributed by atoms with E-state index >= 15 is 0 Å². The molecule has 0 heterocycles. The highest BCUT2D eigenvalue weighted by Gasteiger charge is 2.21. The Morgan fingerprint density at radius 1 is 1.19 bits per heavy atom. The van der Waals surface area contributed by atoms with E-state index in [0.717, 1.165) is 10.4 Å². The van der Waals surface area contributed by atoms with Crippen molar-refractivity contribution in [1.82, 2.24) is 4.31 Å². The van der Waals surface area contributed by atoms with E-state index in [9.17, 15) is 23.3 Å². The second kappa shape index (κ2) is 7.72. The number of hydrogen-bond acceptors (Lipinski definition) is 6. The van der Waals surface area contributed by atoms with E-state index in [1.165, 1.54) is 45.5 Å². The van der Waals surface area contributed by atoms with Gasteiger partial charge >= 0.3 is 5.69 Å². The number of benzene rings is 2. The summed E-state index contributed by atoms with van der Waals surface area (Å²) >= 11 is 0. The lowest BCUT2D eigenvalue weighted by Gasteiger charge is -2.14. The molecule has 0 aromatic heterocycles. The summed E-state index contributed by atoms with van der Waals surface area (Å²) < 4.78 is 30.5. The fraction of sp³-hybridized carbons (Fsp3) is 0.235. The second-order valence-corrected chi connectivity index (χ2v) is 8.01. The van der Waals surface area contributed by atoms with E-state index in [-0.39, 0.29) is 21.9 Å². The molecule has 1 amide bonds. The van der Waals surface area contributed by atoms with Crippen molar-refractivity contribution in [2.24, 2.45) is 0 Å². The van der Waals surface area contributed by atoms with E-state index < -0.39 is 20.9 Å². The van der Waals surface area contributed by atoms with Crippen LogP contribution in [0.3, 0.4) is 0 Å². The van der Waals surface area contributed by atoms with Crippen LogP contribution in [0.15, 0.2) is 41.3 Å². The maximum absolute atomic E-state index is 12.5. The second-order valence-electron chi connectivity index (χ2n) is 5.86. The van der Waals surface area contributed by atoms with Crippen molar-refractivity contribution in [3.8, 4) is 5.75 Å². The van der Waals surface area contributed by atoms with Gasteiger partial charge in [-0.15, -0.1) is 0 Å². The molecule has 2 aromatic carbocycles. The molecule has 1 N–H and O–H groups in total. The van der Waals surface area contributed by atoms with Crippen molar-refractivity contribution in [2.75, 3.05) is 26.5 Å². The van der Waals surface area contributed by atoms with Gasteiger partial charge < -0.3 is 10.1 Å². The molecule has 0 spiro atoms. The molecule has 0 bridgehead atoms. The van der Waals surface area contributed by atoms with E-state index in [4.69, 9.17) is 4.74 Å². The number of nitro benzene ring substituents is 1. The molecule has 0 aliphatic rings. The van der Waals surface area contributed by atoms with Crippen molar-refractivity contribution < 1.29 is 22.9 Å². The van der Waals surface area contributed by atoms with Gasteiger partial charge in [-0.3, -0.25) is 14.9 Å². The Bertz CT molecular complexity index is 1000. The molecular formula is C17H19N3O6S. The van der Waals surface area contributed by atoms with Crippen LogP contribution < -0.4 is 10.1 Å². The Morgan fingerprint density at radius 2 is 1.85 bits per heavy atom. The van der Waals surface area contributed by atoms with Crippen LogP contribution in [0.4, 0.5) is 11.4 Å². The van der Waals surface area contributed by atoms with Crippen LogP contribution in [0.5, 0.6) is 5.75 Å². The Balaban J connectivity index is 2.39. The zero-order valence-electron chi connectivity index (χ0n) is 15.2. The number of hydrogen-bond donors (Lipinski definition) is 1. The highest BCUT2D eigenvalue weighted by Crippen LogP contribution is 2.28. The largest absolute Gasteiger partial charge is 0.490 e. The van der Waals surface area contributed by atoms with Gasteiger partial charge in [0.1, 0.15) is 0 Å². The van der Waals surface area contributed by atoms with E-state index in [2.05, 4.69) is 5.32 Å². The smallest absolute Gasteiger partial charge is 0.311 e. The predicted molar refractivity (Wildman–Crippen MR) is 99.7 cm³/mol. The fourth-order valence-corrected chi connectivity index (χ4v) is 3.20.